The first-order chi connectivity index (χ1) is 9.78. The Morgan fingerprint density at radius 2 is 2.00 bits per heavy atom. The Hall–Kier alpha value is -2.24. The number of phenolic OH excluding ortho intramolecular Hbond substituents is 1. The average molecular weight is 295 g/mol. The Balaban J connectivity index is 3.46. The zero-order chi connectivity index (χ0) is 16.2. The van der Waals surface area contributed by atoms with E-state index in [1.54, 1.807) is 0 Å². The first-order valence-corrected chi connectivity index (χ1v) is 6.68. The fourth-order valence-electron chi connectivity index (χ4n) is 2.29. The number of ether oxygens (including phenoxy) is 1. The Kier molecular flexibility index (Phi) is 5.18. The summed E-state index contributed by atoms with van der Waals surface area (Å²) in [5, 5.41) is 19.3. The van der Waals surface area contributed by atoms with Gasteiger partial charge in [-0.2, -0.15) is 0 Å². The van der Waals surface area contributed by atoms with Crippen molar-refractivity contribution in [3.63, 3.8) is 0 Å². The van der Waals surface area contributed by atoms with E-state index in [0.717, 1.165) is 0 Å². The molecule has 116 valence electrons. The number of carboxylic acids is 1. The first kappa shape index (κ1) is 16.8. The van der Waals surface area contributed by atoms with Gasteiger partial charge in [0.2, 0.25) is 5.91 Å². The van der Waals surface area contributed by atoms with E-state index < -0.39 is 11.5 Å². The van der Waals surface area contributed by atoms with Crippen molar-refractivity contribution in [2.45, 2.75) is 32.7 Å². The summed E-state index contributed by atoms with van der Waals surface area (Å²) in [5.74, 6) is -1.38. The molecule has 1 atom stereocenters. The molecule has 0 spiro atoms. The highest BCUT2D eigenvalue weighted by atomic mass is 16.5. The van der Waals surface area contributed by atoms with E-state index in [1.165, 1.54) is 44.1 Å². The van der Waals surface area contributed by atoms with Crippen LogP contribution in [0.15, 0.2) is 18.2 Å². The minimum Gasteiger partial charge on any atom is -0.504 e. The molecule has 1 rings (SSSR count). The van der Waals surface area contributed by atoms with Crippen molar-refractivity contribution in [3.8, 4) is 11.5 Å². The van der Waals surface area contributed by atoms with Crippen LogP contribution < -0.4 is 4.74 Å². The second kappa shape index (κ2) is 6.47. The lowest BCUT2D eigenvalue weighted by Crippen LogP contribution is -2.52. The van der Waals surface area contributed by atoms with E-state index in [2.05, 4.69) is 0 Å². The largest absolute Gasteiger partial charge is 0.504 e. The van der Waals surface area contributed by atoms with Gasteiger partial charge in [0, 0.05) is 13.5 Å². The first-order valence-electron chi connectivity index (χ1n) is 6.68. The predicted molar refractivity (Wildman–Crippen MR) is 77.3 cm³/mol. The quantitative estimate of drug-likeness (QED) is 0.837. The number of phenols is 1. The lowest BCUT2D eigenvalue weighted by atomic mass is 9.89. The Bertz CT molecular complexity index is 543. The summed E-state index contributed by atoms with van der Waals surface area (Å²) in [6.07, 6.45) is 0.637. The van der Waals surface area contributed by atoms with E-state index >= 15 is 0 Å². The smallest absolute Gasteiger partial charge is 0.334 e. The Labute approximate surface area is 124 Å². The van der Waals surface area contributed by atoms with Gasteiger partial charge in [0.15, 0.2) is 17.0 Å². The molecule has 0 saturated carbocycles. The molecular weight excluding hydrogens is 274 g/mol. The number of aromatic hydroxyl groups is 1. The Morgan fingerprint density at radius 1 is 1.38 bits per heavy atom. The van der Waals surface area contributed by atoms with Gasteiger partial charge < -0.3 is 19.8 Å². The minimum absolute atomic E-state index is 0.0844. The number of benzene rings is 1. The fourth-order valence-corrected chi connectivity index (χ4v) is 2.29. The van der Waals surface area contributed by atoms with Crippen LogP contribution in [-0.4, -0.2) is 40.6 Å². The Morgan fingerprint density at radius 3 is 2.43 bits per heavy atom. The topological polar surface area (TPSA) is 87.1 Å². The zero-order valence-electron chi connectivity index (χ0n) is 12.7. The highest BCUT2D eigenvalue weighted by Crippen LogP contribution is 2.35. The van der Waals surface area contributed by atoms with Crippen LogP contribution in [0.25, 0.3) is 0 Å². The summed E-state index contributed by atoms with van der Waals surface area (Å²) in [6.45, 7) is 5.00. The second-order valence-electron chi connectivity index (χ2n) is 4.93. The molecule has 0 aromatic heterocycles. The third kappa shape index (κ3) is 3.09. The molecule has 0 radical (unpaired) electrons. The molecule has 2 N–H and O–H groups in total. The number of hydrogen-bond acceptors (Lipinski definition) is 4. The van der Waals surface area contributed by atoms with Crippen LogP contribution >= 0.6 is 0 Å². The second-order valence-corrected chi connectivity index (χ2v) is 4.93. The fraction of sp³-hybridized carbons (Fsp3) is 0.467. The van der Waals surface area contributed by atoms with E-state index in [-0.39, 0.29) is 17.4 Å². The average Bonchev–Trinajstić information content (AvgIpc) is 2.43. The van der Waals surface area contributed by atoms with Gasteiger partial charge in [-0.3, -0.25) is 4.79 Å². The summed E-state index contributed by atoms with van der Waals surface area (Å²) < 4.78 is 5.01. The molecule has 1 unspecified atom stereocenters. The summed E-state index contributed by atoms with van der Waals surface area (Å²) >= 11 is 0. The maximum absolute atomic E-state index is 11.9. The van der Waals surface area contributed by atoms with Crippen LogP contribution in [0.5, 0.6) is 11.5 Å². The van der Waals surface area contributed by atoms with Crippen molar-refractivity contribution < 1.29 is 24.5 Å². The number of methoxy groups -OCH3 is 1. The van der Waals surface area contributed by atoms with Crippen molar-refractivity contribution in [2.24, 2.45) is 0 Å². The van der Waals surface area contributed by atoms with Gasteiger partial charge in [-0.1, -0.05) is 13.0 Å². The molecule has 0 aliphatic heterocycles. The number of rotatable bonds is 6. The summed E-state index contributed by atoms with van der Waals surface area (Å²) in [5.41, 5.74) is -1.16. The van der Waals surface area contributed by atoms with Gasteiger partial charge in [-0.25, -0.2) is 4.79 Å². The molecule has 1 amide bonds. The maximum atomic E-state index is 11.9. The third-order valence-electron chi connectivity index (χ3n) is 3.53. The van der Waals surface area contributed by atoms with Crippen molar-refractivity contribution in [2.75, 3.05) is 13.7 Å². The van der Waals surface area contributed by atoms with Crippen LogP contribution in [-0.2, 0) is 15.1 Å². The zero-order valence-corrected chi connectivity index (χ0v) is 12.7. The van der Waals surface area contributed by atoms with Gasteiger partial charge >= 0.3 is 5.97 Å². The number of amides is 1. The van der Waals surface area contributed by atoms with E-state index in [4.69, 9.17) is 4.74 Å². The van der Waals surface area contributed by atoms with Crippen LogP contribution in [0.1, 0.15) is 32.8 Å². The predicted octanol–water partition coefficient (Wildman–Crippen LogP) is 1.96. The number of carboxylic acid groups (broad SMARTS) is 1. The van der Waals surface area contributed by atoms with Crippen molar-refractivity contribution in [1.82, 2.24) is 4.90 Å². The SMILES string of the molecule is CCCN(C(C)=O)C(C)(C(=O)O)c1ccc(O)c(OC)c1. The number of nitrogens with zero attached hydrogens (tertiary/aromatic N) is 1. The molecule has 6 heteroatoms. The van der Waals surface area contributed by atoms with Gasteiger partial charge in [0.25, 0.3) is 0 Å². The number of hydrogen-bond donors (Lipinski definition) is 2. The monoisotopic (exact) mass is 295 g/mol. The molecule has 1 aromatic rings. The number of aliphatic carboxylic acids is 1. The van der Waals surface area contributed by atoms with Crippen LogP contribution in [0.4, 0.5) is 0 Å². The molecule has 0 saturated heterocycles. The van der Waals surface area contributed by atoms with Crippen LogP contribution in [0.3, 0.4) is 0 Å². The molecule has 21 heavy (non-hydrogen) atoms. The van der Waals surface area contributed by atoms with E-state index in [9.17, 15) is 19.8 Å². The van der Waals surface area contributed by atoms with Crippen LogP contribution in [0.2, 0.25) is 0 Å². The van der Waals surface area contributed by atoms with Crippen molar-refractivity contribution in [1.29, 1.82) is 0 Å². The molecular formula is C15H21NO5. The minimum atomic E-state index is -1.52. The van der Waals surface area contributed by atoms with Crippen molar-refractivity contribution in [3.05, 3.63) is 23.8 Å². The molecule has 6 nitrogen and oxygen atoms in total. The third-order valence-corrected chi connectivity index (χ3v) is 3.53. The summed E-state index contributed by atoms with van der Waals surface area (Å²) in [7, 11) is 1.38. The molecule has 0 aliphatic carbocycles. The number of carbonyl (C=O) groups excluding carboxylic acids is 1. The van der Waals surface area contributed by atoms with Gasteiger partial charge in [-0.05, 0) is 31.0 Å². The highest BCUT2D eigenvalue weighted by Gasteiger charge is 2.43. The van der Waals surface area contributed by atoms with Gasteiger partial charge in [0.05, 0.1) is 7.11 Å². The normalized spacial score (nSPS) is 13.3. The van der Waals surface area contributed by atoms with Crippen LogP contribution in [0, 0.1) is 0 Å². The molecule has 1 aromatic carbocycles. The lowest BCUT2D eigenvalue weighted by molar-refractivity contribution is -0.158. The molecule has 0 fully saturated rings. The highest BCUT2D eigenvalue weighted by molar-refractivity contribution is 5.87. The van der Waals surface area contributed by atoms with E-state index in [1.807, 2.05) is 6.92 Å². The van der Waals surface area contributed by atoms with Crippen molar-refractivity contribution >= 4 is 11.9 Å². The lowest BCUT2D eigenvalue weighted by Gasteiger charge is -2.37. The summed E-state index contributed by atoms with van der Waals surface area (Å²) in [4.78, 5) is 25.0. The molecule has 0 heterocycles. The molecule has 0 aliphatic rings. The number of carbonyl (C=O) groups is 2. The van der Waals surface area contributed by atoms with Gasteiger partial charge in [0.1, 0.15) is 0 Å². The van der Waals surface area contributed by atoms with E-state index in [0.29, 0.717) is 18.5 Å². The molecule has 0 bridgehead atoms. The standard InChI is InChI=1S/C15H21NO5/c1-5-8-16(10(2)17)15(3,14(19)20)11-6-7-12(18)13(9-11)21-4/h6-7,9,18H,5,8H2,1-4H3,(H,19,20). The van der Waals surface area contributed by atoms with Gasteiger partial charge in [-0.15, -0.1) is 0 Å². The maximum Gasteiger partial charge on any atom is 0.334 e. The summed E-state index contributed by atoms with van der Waals surface area (Å²) in [6, 6.07) is 4.28.